The standard InChI is InChI=1S/C35H36N2O7/c1-38-27-13-20(14-28(39-2)33(27)42-5)12-24-15-22(21-10-8-7-9-11-21)16-25-31(26(19-36)35(37)44-32(24)25)23-17-29(40-3)34(43-6)30(18-23)41-4/h7-14,17-18,22,31H,15-16,37H2,1-6H3/b24-12+. The van der Waals surface area contributed by atoms with E-state index < -0.39 is 5.92 Å². The van der Waals surface area contributed by atoms with Crippen molar-refractivity contribution >= 4 is 6.08 Å². The third-order valence-corrected chi connectivity index (χ3v) is 8.07. The van der Waals surface area contributed by atoms with Crippen LogP contribution in [0.3, 0.4) is 0 Å². The predicted octanol–water partition coefficient (Wildman–Crippen LogP) is 6.46. The van der Waals surface area contributed by atoms with Gasteiger partial charge in [-0.1, -0.05) is 30.3 Å². The van der Waals surface area contributed by atoms with Gasteiger partial charge in [-0.3, -0.25) is 0 Å². The van der Waals surface area contributed by atoms with Crippen molar-refractivity contribution in [1.29, 1.82) is 5.26 Å². The van der Waals surface area contributed by atoms with Crippen LogP contribution in [-0.4, -0.2) is 42.7 Å². The van der Waals surface area contributed by atoms with Gasteiger partial charge in [-0.2, -0.15) is 5.26 Å². The molecule has 9 heteroatoms. The highest BCUT2D eigenvalue weighted by atomic mass is 16.5. The van der Waals surface area contributed by atoms with Crippen molar-refractivity contribution < 1.29 is 33.2 Å². The molecule has 9 nitrogen and oxygen atoms in total. The zero-order valence-corrected chi connectivity index (χ0v) is 25.7. The van der Waals surface area contributed by atoms with Crippen molar-refractivity contribution in [2.75, 3.05) is 42.7 Å². The van der Waals surface area contributed by atoms with Gasteiger partial charge in [0, 0.05) is 5.92 Å². The number of ether oxygens (including phenoxy) is 7. The molecule has 3 aromatic rings. The number of nitriles is 1. The number of allylic oxidation sites excluding steroid dienone is 3. The first-order valence-electron chi connectivity index (χ1n) is 14.1. The maximum atomic E-state index is 10.4. The van der Waals surface area contributed by atoms with Gasteiger partial charge in [0.25, 0.3) is 0 Å². The highest BCUT2D eigenvalue weighted by molar-refractivity contribution is 5.68. The minimum absolute atomic E-state index is 0.0546. The van der Waals surface area contributed by atoms with Gasteiger partial charge in [0.15, 0.2) is 23.0 Å². The number of rotatable bonds is 9. The Kier molecular flexibility index (Phi) is 8.91. The summed E-state index contributed by atoms with van der Waals surface area (Å²) in [6.07, 6.45) is 3.37. The second-order valence-corrected chi connectivity index (χ2v) is 10.4. The fourth-order valence-electron chi connectivity index (χ4n) is 6.08. The van der Waals surface area contributed by atoms with E-state index in [-0.39, 0.29) is 11.8 Å². The van der Waals surface area contributed by atoms with E-state index >= 15 is 0 Å². The van der Waals surface area contributed by atoms with Gasteiger partial charge in [0.1, 0.15) is 17.4 Å². The quantitative estimate of drug-likeness (QED) is 0.297. The first-order valence-corrected chi connectivity index (χ1v) is 14.1. The highest BCUT2D eigenvalue weighted by Crippen LogP contribution is 2.53. The Morgan fingerprint density at radius 3 is 1.80 bits per heavy atom. The molecule has 2 N–H and O–H groups in total. The Labute approximate surface area is 257 Å². The third kappa shape index (κ3) is 5.47. The van der Waals surface area contributed by atoms with Crippen LogP contribution in [0.15, 0.2) is 83.0 Å². The van der Waals surface area contributed by atoms with Crippen LogP contribution in [0.25, 0.3) is 6.08 Å². The van der Waals surface area contributed by atoms with E-state index in [1.165, 1.54) is 5.56 Å². The maximum absolute atomic E-state index is 10.4. The molecule has 0 spiro atoms. The Hall–Kier alpha value is -5.23. The smallest absolute Gasteiger partial charge is 0.205 e. The molecule has 228 valence electrons. The summed E-state index contributed by atoms with van der Waals surface area (Å²) in [4.78, 5) is 0. The first-order chi connectivity index (χ1) is 21.4. The SMILES string of the molecule is COc1cc(/C=C2\CC(c3ccccc3)CC3=C2OC(N)=C(C#N)C3c2cc(OC)c(OC)c(OC)c2)cc(OC)c1OC. The van der Waals surface area contributed by atoms with Crippen molar-refractivity contribution in [3.05, 3.63) is 99.6 Å². The van der Waals surface area contributed by atoms with E-state index in [0.29, 0.717) is 58.7 Å². The average Bonchev–Trinajstić information content (AvgIpc) is 3.06. The molecule has 44 heavy (non-hydrogen) atoms. The van der Waals surface area contributed by atoms with Crippen LogP contribution in [-0.2, 0) is 4.74 Å². The average molecular weight is 597 g/mol. The van der Waals surface area contributed by atoms with Gasteiger partial charge in [0.2, 0.25) is 17.4 Å². The second kappa shape index (κ2) is 13.0. The Morgan fingerprint density at radius 1 is 0.750 bits per heavy atom. The largest absolute Gasteiger partial charge is 0.493 e. The summed E-state index contributed by atoms with van der Waals surface area (Å²) in [6.45, 7) is 0. The molecule has 2 atom stereocenters. The number of benzene rings is 3. The van der Waals surface area contributed by atoms with Crippen LogP contribution in [0.4, 0.5) is 0 Å². The van der Waals surface area contributed by atoms with Crippen molar-refractivity contribution in [2.45, 2.75) is 24.7 Å². The molecular formula is C35H36N2O7. The molecule has 1 aliphatic carbocycles. The number of hydrogen-bond donors (Lipinski definition) is 1. The zero-order chi connectivity index (χ0) is 31.4. The molecule has 3 aromatic carbocycles. The minimum atomic E-state index is -0.507. The molecule has 0 aromatic heterocycles. The van der Waals surface area contributed by atoms with E-state index in [0.717, 1.165) is 22.3 Å². The first kappa shape index (κ1) is 30.2. The molecule has 0 amide bonds. The predicted molar refractivity (Wildman–Crippen MR) is 166 cm³/mol. The molecular weight excluding hydrogens is 560 g/mol. The molecule has 1 aliphatic heterocycles. The summed E-state index contributed by atoms with van der Waals surface area (Å²) in [5.41, 5.74) is 11.4. The molecule has 0 radical (unpaired) electrons. The lowest BCUT2D eigenvalue weighted by molar-refractivity contribution is 0.273. The van der Waals surface area contributed by atoms with Crippen LogP contribution < -0.4 is 34.2 Å². The van der Waals surface area contributed by atoms with Gasteiger partial charge in [0.05, 0.1) is 42.7 Å². The summed E-state index contributed by atoms with van der Waals surface area (Å²) in [5.74, 6) is 3.30. The molecule has 1 heterocycles. The van der Waals surface area contributed by atoms with Gasteiger partial charge < -0.3 is 38.9 Å². The Morgan fingerprint density at radius 2 is 1.30 bits per heavy atom. The molecule has 2 unspecified atom stereocenters. The van der Waals surface area contributed by atoms with E-state index in [2.05, 4.69) is 18.2 Å². The number of methoxy groups -OCH3 is 6. The van der Waals surface area contributed by atoms with Gasteiger partial charge >= 0.3 is 0 Å². The Balaban J connectivity index is 1.75. The zero-order valence-electron chi connectivity index (χ0n) is 25.7. The van der Waals surface area contributed by atoms with Crippen LogP contribution in [0, 0.1) is 11.3 Å². The lowest BCUT2D eigenvalue weighted by Gasteiger charge is -2.37. The topological polar surface area (TPSA) is 114 Å². The lowest BCUT2D eigenvalue weighted by Crippen LogP contribution is -2.26. The Bertz CT molecular complexity index is 1630. The van der Waals surface area contributed by atoms with E-state index in [1.54, 1.807) is 42.7 Å². The summed E-state index contributed by atoms with van der Waals surface area (Å²) in [5, 5.41) is 10.4. The van der Waals surface area contributed by atoms with E-state index in [1.807, 2.05) is 48.5 Å². The number of hydrogen-bond acceptors (Lipinski definition) is 9. The molecule has 0 bridgehead atoms. The number of nitrogens with two attached hydrogens (primary N) is 1. The van der Waals surface area contributed by atoms with Gasteiger partial charge in [-0.25, -0.2) is 0 Å². The highest BCUT2D eigenvalue weighted by Gasteiger charge is 2.39. The van der Waals surface area contributed by atoms with Crippen molar-refractivity contribution in [1.82, 2.24) is 0 Å². The van der Waals surface area contributed by atoms with Gasteiger partial charge in [-0.05, 0) is 76.9 Å². The number of nitrogens with zero attached hydrogens (tertiary/aromatic N) is 1. The van der Waals surface area contributed by atoms with Crippen molar-refractivity contribution in [3.63, 3.8) is 0 Å². The van der Waals surface area contributed by atoms with E-state index in [4.69, 9.17) is 38.9 Å². The minimum Gasteiger partial charge on any atom is -0.493 e. The monoisotopic (exact) mass is 596 g/mol. The van der Waals surface area contributed by atoms with Crippen LogP contribution in [0.1, 0.15) is 41.4 Å². The van der Waals surface area contributed by atoms with Crippen molar-refractivity contribution in [3.8, 4) is 40.6 Å². The van der Waals surface area contributed by atoms with E-state index in [9.17, 15) is 5.26 Å². The molecule has 2 aliphatic rings. The van der Waals surface area contributed by atoms with Crippen LogP contribution in [0.2, 0.25) is 0 Å². The summed E-state index contributed by atoms with van der Waals surface area (Å²) < 4.78 is 40.0. The summed E-state index contributed by atoms with van der Waals surface area (Å²) in [7, 11) is 9.43. The molecule has 0 saturated carbocycles. The van der Waals surface area contributed by atoms with Gasteiger partial charge in [-0.15, -0.1) is 0 Å². The normalized spacial score (nSPS) is 18.6. The molecule has 0 fully saturated rings. The third-order valence-electron chi connectivity index (χ3n) is 8.07. The summed E-state index contributed by atoms with van der Waals surface area (Å²) >= 11 is 0. The second-order valence-electron chi connectivity index (χ2n) is 10.4. The van der Waals surface area contributed by atoms with Crippen molar-refractivity contribution in [2.24, 2.45) is 5.73 Å². The fourth-order valence-corrected chi connectivity index (χ4v) is 6.08. The lowest BCUT2D eigenvalue weighted by atomic mass is 9.71. The summed E-state index contributed by atoms with van der Waals surface area (Å²) in [6, 6.07) is 20.1. The van der Waals surface area contributed by atoms with Crippen LogP contribution in [0.5, 0.6) is 34.5 Å². The fraction of sp³-hybridized carbons (Fsp3) is 0.286. The molecule has 0 saturated heterocycles. The molecule has 5 rings (SSSR count). The van der Waals surface area contributed by atoms with Crippen LogP contribution >= 0.6 is 0 Å². The maximum Gasteiger partial charge on any atom is 0.205 e.